The van der Waals surface area contributed by atoms with Crippen LogP contribution in [-0.4, -0.2) is 23.0 Å². The molecule has 1 aromatic rings. The highest BCUT2D eigenvalue weighted by atomic mass is 15.2. The van der Waals surface area contributed by atoms with Crippen LogP contribution in [0.3, 0.4) is 0 Å². The molecular formula is C9H16N4. The fourth-order valence-electron chi connectivity index (χ4n) is 0.870. The minimum atomic E-state index is 0.543. The van der Waals surface area contributed by atoms with Crippen LogP contribution in [0, 0.1) is 0 Å². The number of hydrogen-bond donors (Lipinski definition) is 0. The van der Waals surface area contributed by atoms with Gasteiger partial charge in [0.15, 0.2) is 11.6 Å². The van der Waals surface area contributed by atoms with Crippen molar-refractivity contribution in [3.8, 4) is 0 Å². The Balaban J connectivity index is 0.000000671. The second-order valence-electron chi connectivity index (χ2n) is 1.99. The largest absolute Gasteiger partial charge is 0.314 e. The number of aryl methyl sites for hydroxylation is 1. The van der Waals surface area contributed by atoms with Crippen LogP contribution >= 0.6 is 0 Å². The Labute approximate surface area is 79.1 Å². The number of aliphatic imine (C=N–C) groups is 2. The van der Waals surface area contributed by atoms with Gasteiger partial charge in [0.05, 0.1) is 6.33 Å². The van der Waals surface area contributed by atoms with Crippen molar-refractivity contribution < 1.29 is 0 Å². The molecule has 0 radical (unpaired) electrons. The zero-order chi connectivity index (χ0) is 10.3. The molecule has 0 saturated carbocycles. The van der Waals surface area contributed by atoms with E-state index in [1.54, 1.807) is 6.33 Å². The van der Waals surface area contributed by atoms with Crippen LogP contribution in [0.2, 0.25) is 0 Å². The van der Waals surface area contributed by atoms with Crippen molar-refractivity contribution in [2.45, 2.75) is 27.3 Å². The Morgan fingerprint density at radius 1 is 1.38 bits per heavy atom. The van der Waals surface area contributed by atoms with Gasteiger partial charge in [-0.15, -0.1) is 0 Å². The maximum atomic E-state index is 3.98. The average Bonchev–Trinajstić information content (AvgIpc) is 2.62. The molecule has 1 aromatic heterocycles. The van der Waals surface area contributed by atoms with E-state index in [1.807, 2.05) is 25.3 Å². The van der Waals surface area contributed by atoms with Crippen molar-refractivity contribution in [1.82, 2.24) is 9.55 Å². The molecule has 0 aromatic carbocycles. The molecule has 0 saturated heterocycles. The highest BCUT2D eigenvalue weighted by Crippen LogP contribution is 2.24. The van der Waals surface area contributed by atoms with Crippen molar-refractivity contribution in [2.24, 2.45) is 9.98 Å². The molecule has 0 amide bonds. The first-order valence-corrected chi connectivity index (χ1v) is 4.32. The predicted octanol–water partition coefficient (Wildman–Crippen LogP) is 2.59. The standard InChI is InChI=1S/C7H10N4.C2H6/c1-4-11-5-10-6(8-2)7(11)9-3;1-2/h5H,2-4H2,1H3;1-2H3. The quantitative estimate of drug-likeness (QED) is 0.659. The summed E-state index contributed by atoms with van der Waals surface area (Å²) in [6.07, 6.45) is 1.67. The van der Waals surface area contributed by atoms with Crippen molar-refractivity contribution >= 4 is 25.1 Å². The summed E-state index contributed by atoms with van der Waals surface area (Å²) in [5, 5.41) is 0. The third-order valence-corrected chi connectivity index (χ3v) is 1.43. The van der Waals surface area contributed by atoms with Gasteiger partial charge >= 0.3 is 0 Å². The Morgan fingerprint density at radius 2 is 2.00 bits per heavy atom. The second kappa shape index (κ2) is 6.11. The Bertz CT molecular complexity index is 275. The SMILES string of the molecule is C=Nc1ncn(CC)c1N=C.CC. The predicted molar refractivity (Wildman–Crippen MR) is 57.7 cm³/mol. The van der Waals surface area contributed by atoms with Crippen molar-refractivity contribution in [2.75, 3.05) is 0 Å². The van der Waals surface area contributed by atoms with Gasteiger partial charge in [-0.05, 0) is 20.4 Å². The summed E-state index contributed by atoms with van der Waals surface area (Å²) in [4.78, 5) is 11.5. The van der Waals surface area contributed by atoms with Gasteiger partial charge in [0.2, 0.25) is 0 Å². The summed E-state index contributed by atoms with van der Waals surface area (Å²) in [5.74, 6) is 1.23. The van der Waals surface area contributed by atoms with E-state index in [0.717, 1.165) is 6.54 Å². The van der Waals surface area contributed by atoms with Gasteiger partial charge in [-0.1, -0.05) is 13.8 Å². The van der Waals surface area contributed by atoms with E-state index in [4.69, 9.17) is 0 Å². The summed E-state index contributed by atoms with van der Waals surface area (Å²) < 4.78 is 1.86. The average molecular weight is 180 g/mol. The number of rotatable bonds is 3. The molecule has 0 spiro atoms. The molecule has 0 atom stereocenters. The topological polar surface area (TPSA) is 42.5 Å². The van der Waals surface area contributed by atoms with Gasteiger partial charge in [0, 0.05) is 6.54 Å². The van der Waals surface area contributed by atoms with Gasteiger partial charge in [-0.25, -0.2) is 15.0 Å². The van der Waals surface area contributed by atoms with E-state index in [0.29, 0.717) is 11.6 Å². The lowest BCUT2D eigenvalue weighted by Gasteiger charge is -1.97. The molecule has 1 heterocycles. The fraction of sp³-hybridized carbons (Fsp3) is 0.444. The zero-order valence-electron chi connectivity index (χ0n) is 8.49. The molecule has 0 bridgehead atoms. The van der Waals surface area contributed by atoms with E-state index in [2.05, 4.69) is 28.4 Å². The van der Waals surface area contributed by atoms with Crippen molar-refractivity contribution in [3.05, 3.63) is 6.33 Å². The number of hydrogen-bond acceptors (Lipinski definition) is 3. The van der Waals surface area contributed by atoms with Gasteiger partial charge in [-0.2, -0.15) is 0 Å². The van der Waals surface area contributed by atoms with Crippen LogP contribution < -0.4 is 0 Å². The highest BCUT2D eigenvalue weighted by Gasteiger charge is 2.04. The third-order valence-electron chi connectivity index (χ3n) is 1.43. The number of imidazole rings is 1. The molecule has 1 rings (SSSR count). The Hall–Kier alpha value is -1.45. The van der Waals surface area contributed by atoms with Crippen LogP contribution in [-0.2, 0) is 6.54 Å². The Kier molecular flexibility index (Phi) is 5.43. The van der Waals surface area contributed by atoms with Crippen LogP contribution in [0.5, 0.6) is 0 Å². The molecular weight excluding hydrogens is 164 g/mol. The lowest BCUT2D eigenvalue weighted by molar-refractivity contribution is 0.765. The normalized spacial score (nSPS) is 8.54. The minimum Gasteiger partial charge on any atom is -0.314 e. The molecule has 4 nitrogen and oxygen atoms in total. The monoisotopic (exact) mass is 180 g/mol. The lowest BCUT2D eigenvalue weighted by atomic mass is 10.6. The maximum absolute atomic E-state index is 3.98. The first-order chi connectivity index (χ1) is 6.33. The number of nitrogens with zero attached hydrogens (tertiary/aromatic N) is 4. The molecule has 4 heteroatoms. The van der Waals surface area contributed by atoms with E-state index >= 15 is 0 Å². The van der Waals surface area contributed by atoms with Crippen molar-refractivity contribution in [1.29, 1.82) is 0 Å². The van der Waals surface area contributed by atoms with Crippen LogP contribution in [0.25, 0.3) is 0 Å². The summed E-state index contributed by atoms with van der Waals surface area (Å²) in [5.41, 5.74) is 0. The van der Waals surface area contributed by atoms with E-state index in [-0.39, 0.29) is 0 Å². The minimum absolute atomic E-state index is 0.543. The smallest absolute Gasteiger partial charge is 0.196 e. The fourth-order valence-corrected chi connectivity index (χ4v) is 0.870. The zero-order valence-corrected chi connectivity index (χ0v) is 8.49. The summed E-state index contributed by atoms with van der Waals surface area (Å²) in [7, 11) is 0. The Morgan fingerprint density at radius 3 is 2.38 bits per heavy atom. The maximum Gasteiger partial charge on any atom is 0.196 e. The van der Waals surface area contributed by atoms with Gasteiger partial charge in [0.25, 0.3) is 0 Å². The second-order valence-corrected chi connectivity index (χ2v) is 1.99. The molecule has 0 unspecified atom stereocenters. The van der Waals surface area contributed by atoms with Gasteiger partial charge < -0.3 is 4.57 Å². The highest BCUT2D eigenvalue weighted by molar-refractivity contribution is 5.58. The summed E-state index contributed by atoms with van der Waals surface area (Å²) in [6, 6.07) is 0. The van der Waals surface area contributed by atoms with Crippen LogP contribution in [0.15, 0.2) is 16.3 Å². The molecule has 0 aliphatic rings. The van der Waals surface area contributed by atoms with Crippen molar-refractivity contribution in [3.63, 3.8) is 0 Å². The lowest BCUT2D eigenvalue weighted by Crippen LogP contribution is -1.88. The molecule has 0 N–H and O–H groups in total. The molecule has 0 aliphatic heterocycles. The first-order valence-electron chi connectivity index (χ1n) is 4.32. The number of aromatic nitrogens is 2. The van der Waals surface area contributed by atoms with E-state index < -0.39 is 0 Å². The molecule has 0 aliphatic carbocycles. The van der Waals surface area contributed by atoms with Gasteiger partial charge in [-0.3, -0.25) is 0 Å². The van der Waals surface area contributed by atoms with Crippen LogP contribution in [0.4, 0.5) is 11.6 Å². The van der Waals surface area contributed by atoms with Gasteiger partial charge in [0.1, 0.15) is 0 Å². The molecule has 72 valence electrons. The summed E-state index contributed by atoms with van der Waals surface area (Å²) in [6.45, 7) is 13.6. The molecule has 13 heavy (non-hydrogen) atoms. The first kappa shape index (κ1) is 11.6. The van der Waals surface area contributed by atoms with Crippen LogP contribution in [0.1, 0.15) is 20.8 Å². The molecule has 0 fully saturated rings. The van der Waals surface area contributed by atoms with E-state index in [9.17, 15) is 0 Å². The third kappa shape index (κ3) is 2.50. The van der Waals surface area contributed by atoms with E-state index in [1.165, 1.54) is 0 Å². The summed E-state index contributed by atoms with van der Waals surface area (Å²) >= 11 is 0.